The van der Waals surface area contributed by atoms with Crippen molar-refractivity contribution in [3.05, 3.63) is 35.6 Å². The van der Waals surface area contributed by atoms with Crippen LogP contribution in [0.25, 0.3) is 0 Å². The van der Waals surface area contributed by atoms with E-state index >= 15 is 0 Å². The molecule has 8 heteroatoms. The van der Waals surface area contributed by atoms with Crippen LogP contribution < -0.4 is 5.32 Å². The van der Waals surface area contributed by atoms with Gasteiger partial charge in [0.15, 0.2) is 0 Å². The second-order valence-corrected chi connectivity index (χ2v) is 5.73. The highest BCUT2D eigenvalue weighted by Gasteiger charge is 2.54. The van der Waals surface area contributed by atoms with Crippen LogP contribution in [0.2, 0.25) is 0 Å². The summed E-state index contributed by atoms with van der Waals surface area (Å²) in [6, 6.07) is 2.87. The van der Waals surface area contributed by atoms with E-state index in [2.05, 4.69) is 5.32 Å². The van der Waals surface area contributed by atoms with Gasteiger partial charge in [-0.25, -0.2) is 9.18 Å². The Morgan fingerprint density at radius 1 is 1.17 bits per heavy atom. The number of ether oxygens (including phenoxy) is 1. The van der Waals surface area contributed by atoms with E-state index in [9.17, 15) is 22.8 Å². The average Bonchev–Trinajstić information content (AvgIpc) is 2.73. The number of hydrogen-bond donors (Lipinski definition) is 1. The lowest BCUT2D eigenvalue weighted by atomic mass is 9.90. The number of carbonyl (C=O) groups is 2. The summed E-state index contributed by atoms with van der Waals surface area (Å²) >= 11 is 0. The number of benzene rings is 1. The number of halogens is 3. The van der Waals surface area contributed by atoms with Crippen molar-refractivity contribution in [2.45, 2.75) is 24.3 Å². The summed E-state index contributed by atoms with van der Waals surface area (Å²) in [5.41, 5.74) is -1.60. The van der Waals surface area contributed by atoms with Crippen LogP contribution in [0.5, 0.6) is 0 Å². The van der Waals surface area contributed by atoms with Crippen molar-refractivity contribution < 1.29 is 27.5 Å². The molecule has 0 saturated carbocycles. The van der Waals surface area contributed by atoms with Crippen molar-refractivity contribution in [1.29, 1.82) is 0 Å². The zero-order valence-electron chi connectivity index (χ0n) is 12.2. The molecule has 0 bridgehead atoms. The SMILES string of the molecule is O=C1NC2(CCOCC2)C(=O)N1CC(F)(F)c1ccc(F)cc1. The van der Waals surface area contributed by atoms with E-state index < -0.39 is 41.3 Å². The summed E-state index contributed by atoms with van der Waals surface area (Å²) in [4.78, 5) is 25.0. The number of carbonyl (C=O) groups excluding carboxylic acids is 2. The zero-order valence-corrected chi connectivity index (χ0v) is 12.2. The monoisotopic (exact) mass is 328 g/mol. The largest absolute Gasteiger partial charge is 0.381 e. The molecule has 1 spiro atoms. The molecule has 1 aromatic carbocycles. The smallest absolute Gasteiger partial charge is 0.325 e. The number of amides is 3. The van der Waals surface area contributed by atoms with Crippen LogP contribution in [0.15, 0.2) is 24.3 Å². The van der Waals surface area contributed by atoms with Gasteiger partial charge in [-0.05, 0) is 12.1 Å². The summed E-state index contributed by atoms with van der Waals surface area (Å²) in [5.74, 6) is -4.76. The first-order valence-electron chi connectivity index (χ1n) is 7.20. The maximum atomic E-state index is 14.3. The van der Waals surface area contributed by atoms with E-state index in [0.717, 1.165) is 24.3 Å². The third kappa shape index (κ3) is 2.78. The van der Waals surface area contributed by atoms with E-state index in [1.807, 2.05) is 0 Å². The molecule has 0 aliphatic carbocycles. The first-order valence-corrected chi connectivity index (χ1v) is 7.20. The number of nitrogens with one attached hydrogen (secondary N) is 1. The first kappa shape index (κ1) is 15.8. The summed E-state index contributed by atoms with van der Waals surface area (Å²) in [7, 11) is 0. The molecular formula is C15H15F3N2O3. The van der Waals surface area contributed by atoms with Crippen LogP contribution in [0.1, 0.15) is 18.4 Å². The molecule has 3 amide bonds. The van der Waals surface area contributed by atoms with Crippen molar-refractivity contribution in [2.75, 3.05) is 19.8 Å². The lowest BCUT2D eigenvalue weighted by molar-refractivity contribution is -0.138. The molecule has 2 saturated heterocycles. The molecule has 2 aliphatic heterocycles. The van der Waals surface area contributed by atoms with Gasteiger partial charge in [-0.15, -0.1) is 0 Å². The highest BCUT2D eigenvalue weighted by molar-refractivity contribution is 6.07. The first-order chi connectivity index (χ1) is 10.8. The Bertz CT molecular complexity index is 627. The molecule has 0 unspecified atom stereocenters. The average molecular weight is 328 g/mol. The number of rotatable bonds is 3. The topological polar surface area (TPSA) is 58.6 Å². The van der Waals surface area contributed by atoms with E-state index in [-0.39, 0.29) is 26.1 Å². The minimum Gasteiger partial charge on any atom is -0.381 e. The lowest BCUT2D eigenvalue weighted by Crippen LogP contribution is -2.51. The predicted octanol–water partition coefficient (Wildman–Crippen LogP) is 2.02. The number of nitrogens with zero attached hydrogens (tertiary/aromatic N) is 1. The van der Waals surface area contributed by atoms with Crippen molar-refractivity contribution in [2.24, 2.45) is 0 Å². The fraction of sp³-hybridized carbons (Fsp3) is 0.467. The molecule has 0 aromatic heterocycles. The Morgan fingerprint density at radius 3 is 2.39 bits per heavy atom. The normalized spacial score (nSPS) is 20.9. The van der Waals surface area contributed by atoms with E-state index in [1.54, 1.807) is 0 Å². The van der Waals surface area contributed by atoms with Gasteiger partial charge in [0, 0.05) is 31.6 Å². The van der Waals surface area contributed by atoms with Crippen molar-refractivity contribution in [3.63, 3.8) is 0 Å². The van der Waals surface area contributed by atoms with Gasteiger partial charge < -0.3 is 10.1 Å². The van der Waals surface area contributed by atoms with Crippen molar-refractivity contribution in [1.82, 2.24) is 10.2 Å². The summed E-state index contributed by atoms with van der Waals surface area (Å²) in [6.45, 7) is -0.506. The molecule has 0 radical (unpaired) electrons. The minimum atomic E-state index is -3.46. The lowest BCUT2D eigenvalue weighted by Gasteiger charge is -2.30. The second kappa shape index (κ2) is 5.52. The van der Waals surface area contributed by atoms with Gasteiger partial charge >= 0.3 is 6.03 Å². The molecular weight excluding hydrogens is 313 g/mol. The highest BCUT2D eigenvalue weighted by Crippen LogP contribution is 2.34. The van der Waals surface area contributed by atoms with Crippen LogP contribution in [0, 0.1) is 5.82 Å². The van der Waals surface area contributed by atoms with E-state index in [1.165, 1.54) is 0 Å². The Labute approximate surface area is 130 Å². The van der Waals surface area contributed by atoms with E-state index in [4.69, 9.17) is 4.74 Å². The molecule has 23 heavy (non-hydrogen) atoms. The van der Waals surface area contributed by atoms with Crippen LogP contribution in [-0.2, 0) is 15.5 Å². The van der Waals surface area contributed by atoms with Crippen molar-refractivity contribution in [3.8, 4) is 0 Å². The standard InChI is InChI=1S/C15H15F3N2O3/c16-11-3-1-10(2-4-11)15(17,18)9-20-12(21)14(19-13(20)22)5-7-23-8-6-14/h1-4H,5-9H2,(H,19,22). The van der Waals surface area contributed by atoms with Gasteiger partial charge in [0.25, 0.3) is 11.8 Å². The molecule has 2 fully saturated rings. The third-order valence-electron chi connectivity index (χ3n) is 4.22. The van der Waals surface area contributed by atoms with E-state index in [0.29, 0.717) is 4.90 Å². The summed E-state index contributed by atoms with van der Waals surface area (Å²) in [6.07, 6.45) is 0.520. The van der Waals surface area contributed by atoms with Gasteiger partial charge in [0.1, 0.15) is 11.4 Å². The van der Waals surface area contributed by atoms with Crippen LogP contribution in [-0.4, -0.2) is 42.1 Å². The zero-order chi connectivity index (χ0) is 16.7. The van der Waals surface area contributed by atoms with Crippen LogP contribution in [0.3, 0.4) is 0 Å². The Balaban J connectivity index is 1.80. The fourth-order valence-corrected chi connectivity index (χ4v) is 2.86. The molecule has 5 nitrogen and oxygen atoms in total. The summed E-state index contributed by atoms with van der Waals surface area (Å²) < 4.78 is 46.6. The molecule has 2 aliphatic rings. The third-order valence-corrected chi connectivity index (χ3v) is 4.22. The van der Waals surface area contributed by atoms with Gasteiger partial charge in [0.05, 0.1) is 6.54 Å². The van der Waals surface area contributed by atoms with Crippen molar-refractivity contribution >= 4 is 11.9 Å². The Kier molecular flexibility index (Phi) is 3.79. The number of urea groups is 1. The maximum absolute atomic E-state index is 14.3. The van der Waals surface area contributed by atoms with Crippen LogP contribution in [0.4, 0.5) is 18.0 Å². The maximum Gasteiger partial charge on any atom is 0.325 e. The Hall–Kier alpha value is -2.09. The predicted molar refractivity (Wildman–Crippen MR) is 73.3 cm³/mol. The fourth-order valence-electron chi connectivity index (χ4n) is 2.86. The molecule has 124 valence electrons. The molecule has 3 rings (SSSR count). The quantitative estimate of drug-likeness (QED) is 0.864. The molecule has 0 atom stereocenters. The van der Waals surface area contributed by atoms with Gasteiger partial charge in [-0.1, -0.05) is 12.1 Å². The van der Waals surface area contributed by atoms with Gasteiger partial charge in [0.2, 0.25) is 0 Å². The number of imide groups is 1. The van der Waals surface area contributed by atoms with Gasteiger partial charge in [-0.3, -0.25) is 9.69 Å². The number of alkyl halides is 2. The second-order valence-electron chi connectivity index (χ2n) is 5.73. The van der Waals surface area contributed by atoms with Crippen LogP contribution >= 0.6 is 0 Å². The molecule has 2 heterocycles. The molecule has 1 aromatic rings. The molecule has 1 N–H and O–H groups in total. The minimum absolute atomic E-state index is 0.260. The highest BCUT2D eigenvalue weighted by atomic mass is 19.3. The summed E-state index contributed by atoms with van der Waals surface area (Å²) in [5, 5.41) is 2.52. The van der Waals surface area contributed by atoms with Gasteiger partial charge in [-0.2, -0.15) is 8.78 Å². The number of hydrogen-bond acceptors (Lipinski definition) is 3. The Morgan fingerprint density at radius 2 is 1.78 bits per heavy atom.